The molecule has 0 aliphatic heterocycles. The van der Waals surface area contributed by atoms with E-state index in [2.05, 4.69) is 4.98 Å². The van der Waals surface area contributed by atoms with E-state index in [1.165, 1.54) is 0 Å². The molecule has 2 rings (SSSR count). The molecule has 1 heterocycles. The number of nitrogens with zero attached hydrogens (tertiary/aromatic N) is 1. The lowest BCUT2D eigenvalue weighted by atomic mass is 9.95. The molecule has 4 nitrogen and oxygen atoms in total. The molecule has 0 saturated heterocycles. The predicted octanol–water partition coefficient (Wildman–Crippen LogP) is 2.05. The Labute approximate surface area is 112 Å². The van der Waals surface area contributed by atoms with Gasteiger partial charge >= 0.3 is 0 Å². The molecule has 2 atom stereocenters. The fourth-order valence-electron chi connectivity index (χ4n) is 2.22. The van der Waals surface area contributed by atoms with Crippen molar-refractivity contribution >= 4 is 17.2 Å². The highest BCUT2D eigenvalue weighted by atomic mass is 32.1. The third-order valence-electron chi connectivity index (χ3n) is 3.22. The normalized spacial score (nSPS) is 23.6. The molecule has 1 saturated carbocycles. The summed E-state index contributed by atoms with van der Waals surface area (Å²) in [6.07, 6.45) is 6.31. The third-order valence-corrected chi connectivity index (χ3v) is 3.45. The van der Waals surface area contributed by atoms with Crippen LogP contribution in [0.2, 0.25) is 0 Å². The van der Waals surface area contributed by atoms with Crippen LogP contribution in [0.15, 0.2) is 18.3 Å². The van der Waals surface area contributed by atoms with Crippen molar-refractivity contribution < 1.29 is 9.47 Å². The molecular formula is C13H18N2O2S. The molecule has 0 spiro atoms. The van der Waals surface area contributed by atoms with Gasteiger partial charge in [0.1, 0.15) is 11.1 Å². The average molecular weight is 266 g/mol. The standard InChI is InChI=1S/C13H18N2O2S/c1-16-10-3-2-4-11(8-10)17-12-7-9(13(14)18)5-6-15-12/h5-7,10-11H,2-4,8H2,1H3,(H2,14,18). The molecule has 1 aliphatic rings. The lowest BCUT2D eigenvalue weighted by Gasteiger charge is -2.28. The fourth-order valence-corrected chi connectivity index (χ4v) is 2.35. The smallest absolute Gasteiger partial charge is 0.214 e. The second-order valence-corrected chi connectivity index (χ2v) is 4.95. The van der Waals surface area contributed by atoms with Gasteiger partial charge in [-0.05, 0) is 25.3 Å². The molecule has 0 aromatic carbocycles. The molecule has 1 aliphatic carbocycles. The van der Waals surface area contributed by atoms with Gasteiger partial charge in [0.15, 0.2) is 0 Å². The third kappa shape index (κ3) is 3.40. The Bertz CT molecular complexity index is 425. The van der Waals surface area contributed by atoms with E-state index in [0.29, 0.717) is 17.0 Å². The van der Waals surface area contributed by atoms with Gasteiger partial charge in [0.05, 0.1) is 6.10 Å². The maximum Gasteiger partial charge on any atom is 0.214 e. The summed E-state index contributed by atoms with van der Waals surface area (Å²) in [6, 6.07) is 3.58. The van der Waals surface area contributed by atoms with Crippen molar-refractivity contribution in [1.29, 1.82) is 0 Å². The molecular weight excluding hydrogens is 248 g/mol. The fraction of sp³-hybridized carbons (Fsp3) is 0.538. The number of hydrogen-bond acceptors (Lipinski definition) is 4. The van der Waals surface area contributed by atoms with Crippen molar-refractivity contribution in [2.75, 3.05) is 7.11 Å². The molecule has 0 radical (unpaired) electrons. The van der Waals surface area contributed by atoms with E-state index in [0.717, 1.165) is 31.2 Å². The molecule has 98 valence electrons. The number of nitrogens with two attached hydrogens (primary N) is 1. The van der Waals surface area contributed by atoms with Gasteiger partial charge < -0.3 is 15.2 Å². The lowest BCUT2D eigenvalue weighted by molar-refractivity contribution is 0.0195. The van der Waals surface area contributed by atoms with Crippen LogP contribution < -0.4 is 10.5 Å². The van der Waals surface area contributed by atoms with Crippen LogP contribution in [-0.2, 0) is 4.74 Å². The zero-order valence-corrected chi connectivity index (χ0v) is 11.3. The molecule has 0 bridgehead atoms. The first kappa shape index (κ1) is 13.2. The zero-order chi connectivity index (χ0) is 13.0. The minimum atomic E-state index is 0.165. The highest BCUT2D eigenvalue weighted by Gasteiger charge is 2.23. The van der Waals surface area contributed by atoms with Crippen molar-refractivity contribution in [2.24, 2.45) is 5.73 Å². The summed E-state index contributed by atoms with van der Waals surface area (Å²) in [4.78, 5) is 4.55. The lowest BCUT2D eigenvalue weighted by Crippen LogP contribution is -2.29. The number of rotatable bonds is 4. The Balaban J connectivity index is 2.00. The van der Waals surface area contributed by atoms with E-state index in [1.807, 2.05) is 0 Å². The SMILES string of the molecule is COC1CCCC(Oc2cc(C(N)=S)ccn2)C1. The number of methoxy groups -OCH3 is 1. The molecule has 18 heavy (non-hydrogen) atoms. The van der Waals surface area contributed by atoms with Gasteiger partial charge in [0.2, 0.25) is 5.88 Å². The summed E-state index contributed by atoms with van der Waals surface area (Å²) in [5.74, 6) is 0.585. The van der Waals surface area contributed by atoms with Crippen molar-refractivity contribution in [3.05, 3.63) is 23.9 Å². The number of thiocarbonyl (C=S) groups is 1. The number of pyridine rings is 1. The molecule has 0 amide bonds. The maximum atomic E-state index is 5.87. The van der Waals surface area contributed by atoms with Crippen molar-refractivity contribution in [2.45, 2.75) is 37.9 Å². The van der Waals surface area contributed by atoms with Crippen LogP contribution in [-0.4, -0.2) is 29.3 Å². The number of hydrogen-bond donors (Lipinski definition) is 1. The summed E-state index contributed by atoms with van der Waals surface area (Å²) in [5, 5.41) is 0. The van der Waals surface area contributed by atoms with E-state index in [9.17, 15) is 0 Å². The maximum absolute atomic E-state index is 5.87. The Morgan fingerprint density at radius 1 is 1.44 bits per heavy atom. The first-order chi connectivity index (χ1) is 8.69. The van der Waals surface area contributed by atoms with Crippen LogP contribution in [0, 0.1) is 0 Å². The Morgan fingerprint density at radius 2 is 2.22 bits per heavy atom. The van der Waals surface area contributed by atoms with E-state index in [-0.39, 0.29) is 6.10 Å². The topological polar surface area (TPSA) is 57.4 Å². The number of aromatic nitrogens is 1. The summed E-state index contributed by atoms with van der Waals surface area (Å²) in [7, 11) is 1.75. The summed E-state index contributed by atoms with van der Waals surface area (Å²) in [6.45, 7) is 0. The Hall–Kier alpha value is -1.20. The molecule has 2 N–H and O–H groups in total. The minimum Gasteiger partial charge on any atom is -0.474 e. The second-order valence-electron chi connectivity index (χ2n) is 4.51. The quantitative estimate of drug-likeness (QED) is 0.845. The number of ether oxygens (including phenoxy) is 2. The van der Waals surface area contributed by atoms with Crippen molar-refractivity contribution in [1.82, 2.24) is 4.98 Å². The first-order valence-corrected chi connectivity index (χ1v) is 6.55. The van der Waals surface area contributed by atoms with E-state index >= 15 is 0 Å². The molecule has 5 heteroatoms. The van der Waals surface area contributed by atoms with Crippen LogP contribution in [0.1, 0.15) is 31.2 Å². The van der Waals surface area contributed by atoms with Crippen molar-refractivity contribution in [3.63, 3.8) is 0 Å². The highest BCUT2D eigenvalue weighted by molar-refractivity contribution is 7.80. The van der Waals surface area contributed by atoms with E-state index in [1.54, 1.807) is 25.4 Å². The van der Waals surface area contributed by atoms with Crippen LogP contribution in [0.3, 0.4) is 0 Å². The monoisotopic (exact) mass is 266 g/mol. The molecule has 1 fully saturated rings. The van der Waals surface area contributed by atoms with E-state index < -0.39 is 0 Å². The summed E-state index contributed by atoms with van der Waals surface area (Å²) in [5.41, 5.74) is 6.37. The van der Waals surface area contributed by atoms with Gasteiger partial charge in [-0.2, -0.15) is 0 Å². The van der Waals surface area contributed by atoms with E-state index in [4.69, 9.17) is 27.4 Å². The van der Waals surface area contributed by atoms with Crippen LogP contribution >= 0.6 is 12.2 Å². The van der Waals surface area contributed by atoms with Gasteiger partial charge in [-0.15, -0.1) is 0 Å². The van der Waals surface area contributed by atoms with Gasteiger partial charge in [-0.3, -0.25) is 0 Å². The summed E-state index contributed by atoms with van der Waals surface area (Å²) < 4.78 is 11.3. The van der Waals surface area contributed by atoms with Crippen LogP contribution in [0.4, 0.5) is 0 Å². The largest absolute Gasteiger partial charge is 0.474 e. The highest BCUT2D eigenvalue weighted by Crippen LogP contribution is 2.24. The van der Waals surface area contributed by atoms with Crippen LogP contribution in [0.25, 0.3) is 0 Å². The predicted molar refractivity (Wildman–Crippen MR) is 73.8 cm³/mol. The second kappa shape index (κ2) is 6.11. The average Bonchev–Trinajstić information content (AvgIpc) is 2.39. The zero-order valence-electron chi connectivity index (χ0n) is 10.5. The Morgan fingerprint density at radius 3 is 2.94 bits per heavy atom. The molecule has 1 aromatic heterocycles. The van der Waals surface area contributed by atoms with Crippen LogP contribution in [0.5, 0.6) is 5.88 Å². The van der Waals surface area contributed by atoms with Gasteiger partial charge in [0.25, 0.3) is 0 Å². The minimum absolute atomic E-state index is 0.165. The van der Waals surface area contributed by atoms with Crippen molar-refractivity contribution in [3.8, 4) is 5.88 Å². The van der Waals surface area contributed by atoms with Gasteiger partial charge in [-0.25, -0.2) is 4.98 Å². The molecule has 2 unspecified atom stereocenters. The first-order valence-electron chi connectivity index (χ1n) is 6.14. The Kier molecular flexibility index (Phi) is 4.49. The van der Waals surface area contributed by atoms with Gasteiger partial charge in [0, 0.05) is 31.4 Å². The summed E-state index contributed by atoms with van der Waals surface area (Å²) >= 11 is 4.94. The van der Waals surface area contributed by atoms with Gasteiger partial charge in [-0.1, -0.05) is 12.2 Å². The molecule has 1 aromatic rings.